The summed E-state index contributed by atoms with van der Waals surface area (Å²) < 4.78 is 11.2. The quantitative estimate of drug-likeness (QED) is 0.887. The summed E-state index contributed by atoms with van der Waals surface area (Å²) in [4.78, 5) is 1.31. The maximum Gasteiger partial charge on any atom is 0.161 e. The molecule has 2 aromatic rings. The Balaban J connectivity index is 1.71. The summed E-state index contributed by atoms with van der Waals surface area (Å²) in [5.74, 6) is 1.62. The standard InChI is InChI=1S/C15H18N2O2S/c16-9-13(17-10-12-2-1-7-20-12)11-3-4-14-15(8-11)19-6-5-18-14/h1-4,7-8,13,17H,5-6,9-10,16H2. The molecule has 1 aromatic heterocycles. The molecule has 5 heteroatoms. The number of nitrogens with one attached hydrogen (secondary N) is 1. The number of thiophene rings is 1. The van der Waals surface area contributed by atoms with Gasteiger partial charge in [-0.2, -0.15) is 0 Å². The minimum atomic E-state index is 0.118. The molecular weight excluding hydrogens is 272 g/mol. The van der Waals surface area contributed by atoms with E-state index in [-0.39, 0.29) is 6.04 Å². The Hall–Kier alpha value is -1.56. The molecule has 4 nitrogen and oxygen atoms in total. The zero-order chi connectivity index (χ0) is 13.8. The van der Waals surface area contributed by atoms with Crippen LogP contribution in [0.15, 0.2) is 35.7 Å². The zero-order valence-corrected chi connectivity index (χ0v) is 12.0. The van der Waals surface area contributed by atoms with Crippen LogP contribution in [0.5, 0.6) is 11.5 Å². The number of fused-ring (bicyclic) bond motifs is 1. The van der Waals surface area contributed by atoms with Gasteiger partial charge >= 0.3 is 0 Å². The van der Waals surface area contributed by atoms with E-state index in [0.717, 1.165) is 23.6 Å². The van der Waals surface area contributed by atoms with Crippen molar-refractivity contribution in [3.05, 3.63) is 46.2 Å². The fourth-order valence-electron chi connectivity index (χ4n) is 2.25. The highest BCUT2D eigenvalue weighted by molar-refractivity contribution is 7.09. The minimum absolute atomic E-state index is 0.118. The smallest absolute Gasteiger partial charge is 0.161 e. The van der Waals surface area contributed by atoms with Gasteiger partial charge in [0.1, 0.15) is 13.2 Å². The fourth-order valence-corrected chi connectivity index (χ4v) is 2.91. The first kappa shape index (κ1) is 13.4. The van der Waals surface area contributed by atoms with Crippen molar-refractivity contribution in [1.29, 1.82) is 0 Å². The second-order valence-electron chi connectivity index (χ2n) is 4.65. The van der Waals surface area contributed by atoms with E-state index in [4.69, 9.17) is 15.2 Å². The van der Waals surface area contributed by atoms with Crippen molar-refractivity contribution in [2.45, 2.75) is 12.6 Å². The predicted molar refractivity (Wildman–Crippen MR) is 80.4 cm³/mol. The summed E-state index contributed by atoms with van der Waals surface area (Å²) in [7, 11) is 0. The summed E-state index contributed by atoms with van der Waals surface area (Å²) in [5.41, 5.74) is 7.02. The van der Waals surface area contributed by atoms with Crippen LogP contribution in [-0.2, 0) is 6.54 Å². The van der Waals surface area contributed by atoms with Crippen LogP contribution < -0.4 is 20.5 Å². The Labute approximate surface area is 122 Å². The summed E-state index contributed by atoms with van der Waals surface area (Å²) in [6, 6.07) is 10.3. The molecule has 2 heterocycles. The number of ether oxygens (including phenoxy) is 2. The maximum absolute atomic E-state index is 5.89. The SMILES string of the molecule is NCC(NCc1cccs1)c1ccc2c(c1)OCCO2. The van der Waals surface area contributed by atoms with Crippen LogP contribution in [0.3, 0.4) is 0 Å². The largest absolute Gasteiger partial charge is 0.486 e. The van der Waals surface area contributed by atoms with Gasteiger partial charge in [0.05, 0.1) is 0 Å². The molecule has 1 aliphatic rings. The van der Waals surface area contributed by atoms with E-state index in [1.165, 1.54) is 4.88 Å². The van der Waals surface area contributed by atoms with Crippen LogP contribution in [0, 0.1) is 0 Å². The highest BCUT2D eigenvalue weighted by atomic mass is 32.1. The van der Waals surface area contributed by atoms with E-state index in [1.54, 1.807) is 11.3 Å². The summed E-state index contributed by atoms with van der Waals surface area (Å²) in [6.45, 7) is 2.59. The van der Waals surface area contributed by atoms with Crippen LogP contribution in [0.2, 0.25) is 0 Å². The number of hydrogen-bond donors (Lipinski definition) is 2. The van der Waals surface area contributed by atoms with E-state index < -0.39 is 0 Å². The van der Waals surface area contributed by atoms with Gasteiger partial charge in [0, 0.05) is 24.0 Å². The van der Waals surface area contributed by atoms with E-state index >= 15 is 0 Å². The molecule has 1 unspecified atom stereocenters. The molecule has 0 saturated heterocycles. The van der Waals surface area contributed by atoms with Crippen molar-refractivity contribution >= 4 is 11.3 Å². The van der Waals surface area contributed by atoms with Gasteiger partial charge in [-0.15, -0.1) is 11.3 Å². The molecule has 0 spiro atoms. The third-order valence-corrected chi connectivity index (χ3v) is 4.18. The number of hydrogen-bond acceptors (Lipinski definition) is 5. The third-order valence-electron chi connectivity index (χ3n) is 3.31. The van der Waals surface area contributed by atoms with Gasteiger partial charge in [0.25, 0.3) is 0 Å². The molecule has 20 heavy (non-hydrogen) atoms. The lowest BCUT2D eigenvalue weighted by Gasteiger charge is -2.22. The lowest BCUT2D eigenvalue weighted by Crippen LogP contribution is -2.27. The van der Waals surface area contributed by atoms with E-state index in [2.05, 4.69) is 22.8 Å². The topological polar surface area (TPSA) is 56.5 Å². The van der Waals surface area contributed by atoms with Gasteiger partial charge in [-0.05, 0) is 29.1 Å². The maximum atomic E-state index is 5.89. The van der Waals surface area contributed by atoms with Crippen LogP contribution in [-0.4, -0.2) is 19.8 Å². The molecule has 3 N–H and O–H groups in total. The predicted octanol–water partition coefficient (Wildman–Crippen LogP) is 2.31. The van der Waals surface area contributed by atoms with Crippen LogP contribution in [0.4, 0.5) is 0 Å². The van der Waals surface area contributed by atoms with Gasteiger partial charge < -0.3 is 20.5 Å². The minimum Gasteiger partial charge on any atom is -0.486 e. The van der Waals surface area contributed by atoms with Gasteiger partial charge in [0.2, 0.25) is 0 Å². The normalized spacial score (nSPS) is 15.1. The lowest BCUT2D eigenvalue weighted by molar-refractivity contribution is 0.171. The van der Waals surface area contributed by atoms with E-state index in [1.807, 2.05) is 18.2 Å². The van der Waals surface area contributed by atoms with Gasteiger partial charge in [-0.3, -0.25) is 0 Å². The molecule has 1 aliphatic heterocycles. The molecule has 0 saturated carbocycles. The van der Waals surface area contributed by atoms with Crippen molar-refractivity contribution in [3.63, 3.8) is 0 Å². The van der Waals surface area contributed by atoms with Crippen molar-refractivity contribution in [2.75, 3.05) is 19.8 Å². The average molecular weight is 290 g/mol. The molecule has 106 valence electrons. The second kappa shape index (κ2) is 6.26. The average Bonchev–Trinajstić information content (AvgIpc) is 3.01. The molecule has 0 bridgehead atoms. The lowest BCUT2D eigenvalue weighted by atomic mass is 10.1. The first-order valence-corrected chi connectivity index (χ1v) is 7.60. The van der Waals surface area contributed by atoms with Gasteiger partial charge in [-0.1, -0.05) is 12.1 Å². The molecule has 0 aliphatic carbocycles. The van der Waals surface area contributed by atoms with E-state index in [0.29, 0.717) is 19.8 Å². The molecule has 1 atom stereocenters. The number of benzene rings is 1. The Bertz CT molecular complexity index is 557. The van der Waals surface area contributed by atoms with E-state index in [9.17, 15) is 0 Å². The molecule has 1 aromatic carbocycles. The molecule has 0 fully saturated rings. The molecule has 3 rings (SSSR count). The van der Waals surface area contributed by atoms with Gasteiger partial charge in [-0.25, -0.2) is 0 Å². The first-order chi connectivity index (χ1) is 9.86. The number of rotatable bonds is 5. The highest BCUT2D eigenvalue weighted by Gasteiger charge is 2.16. The highest BCUT2D eigenvalue weighted by Crippen LogP contribution is 2.32. The summed E-state index contributed by atoms with van der Waals surface area (Å²) in [6.07, 6.45) is 0. The summed E-state index contributed by atoms with van der Waals surface area (Å²) in [5, 5.41) is 5.57. The Morgan fingerprint density at radius 2 is 2.05 bits per heavy atom. The Kier molecular flexibility index (Phi) is 4.20. The van der Waals surface area contributed by atoms with Crippen molar-refractivity contribution in [3.8, 4) is 11.5 Å². The second-order valence-corrected chi connectivity index (χ2v) is 5.68. The fraction of sp³-hybridized carbons (Fsp3) is 0.333. The van der Waals surface area contributed by atoms with Crippen molar-refractivity contribution < 1.29 is 9.47 Å². The molecule has 0 radical (unpaired) electrons. The van der Waals surface area contributed by atoms with Crippen LogP contribution >= 0.6 is 11.3 Å². The van der Waals surface area contributed by atoms with Crippen LogP contribution in [0.25, 0.3) is 0 Å². The van der Waals surface area contributed by atoms with Gasteiger partial charge in [0.15, 0.2) is 11.5 Å². The third kappa shape index (κ3) is 2.95. The monoisotopic (exact) mass is 290 g/mol. The van der Waals surface area contributed by atoms with Crippen LogP contribution in [0.1, 0.15) is 16.5 Å². The first-order valence-electron chi connectivity index (χ1n) is 6.72. The number of nitrogens with two attached hydrogens (primary N) is 1. The van der Waals surface area contributed by atoms with Crippen molar-refractivity contribution in [2.24, 2.45) is 5.73 Å². The molecular formula is C15H18N2O2S. The van der Waals surface area contributed by atoms with Crippen molar-refractivity contribution in [1.82, 2.24) is 5.32 Å². The Morgan fingerprint density at radius 1 is 1.20 bits per heavy atom. The molecule has 0 amide bonds. The Morgan fingerprint density at radius 3 is 2.80 bits per heavy atom. The summed E-state index contributed by atoms with van der Waals surface area (Å²) >= 11 is 1.75. The zero-order valence-electron chi connectivity index (χ0n) is 11.2.